The molecule has 14 heavy (non-hydrogen) atoms. The van der Waals surface area contributed by atoms with E-state index in [4.69, 9.17) is 0 Å². The Labute approximate surface area is 97.7 Å². The Bertz CT molecular complexity index is 400. The van der Waals surface area contributed by atoms with E-state index in [-0.39, 0.29) is 12.4 Å². The molecule has 0 unspecified atom stereocenters. The summed E-state index contributed by atoms with van der Waals surface area (Å²) >= 11 is 2.11. The van der Waals surface area contributed by atoms with E-state index in [1.165, 1.54) is 0 Å². The second kappa shape index (κ2) is 5.09. The minimum absolute atomic E-state index is 0.0556. The number of hydrogen-bond acceptors (Lipinski definition) is 3. The first-order valence-electron chi connectivity index (χ1n) is 4.15. The van der Waals surface area contributed by atoms with Crippen LogP contribution < -0.4 is 0 Å². The fourth-order valence-electron chi connectivity index (χ4n) is 1.03. The molecule has 0 N–H and O–H groups in total. The van der Waals surface area contributed by atoms with Gasteiger partial charge in [-0.05, 0) is 41.1 Å². The van der Waals surface area contributed by atoms with E-state index in [9.17, 15) is 8.42 Å². The molecule has 0 fully saturated rings. The molecule has 1 aromatic rings. The molecule has 0 aliphatic rings. The molecule has 78 valence electrons. The van der Waals surface area contributed by atoms with Crippen molar-refractivity contribution in [3.05, 3.63) is 33.4 Å². The summed E-state index contributed by atoms with van der Waals surface area (Å²) in [5.74, 6) is -0.0556. The van der Waals surface area contributed by atoms with Gasteiger partial charge in [0.25, 0.3) is 10.1 Å². The van der Waals surface area contributed by atoms with E-state index in [2.05, 4.69) is 26.8 Å². The highest BCUT2D eigenvalue weighted by Crippen LogP contribution is 2.15. The van der Waals surface area contributed by atoms with Crippen molar-refractivity contribution in [2.75, 3.05) is 6.61 Å². The first kappa shape index (κ1) is 11.9. The molecule has 0 spiro atoms. The molecule has 0 heterocycles. The fraction of sp³-hybridized carbons (Fsp3) is 0.333. The summed E-state index contributed by atoms with van der Waals surface area (Å²) in [5, 5.41) is 0. The van der Waals surface area contributed by atoms with E-state index in [1.807, 2.05) is 18.2 Å². The Morgan fingerprint density at radius 3 is 2.57 bits per heavy atom. The molecule has 5 heteroatoms. The van der Waals surface area contributed by atoms with Crippen molar-refractivity contribution in [2.45, 2.75) is 12.7 Å². The van der Waals surface area contributed by atoms with Crippen LogP contribution in [0.2, 0.25) is 0 Å². The topological polar surface area (TPSA) is 43.4 Å². The molecule has 0 saturated carbocycles. The minimum Gasteiger partial charge on any atom is -0.270 e. The van der Waals surface area contributed by atoms with Gasteiger partial charge in [-0.2, -0.15) is 8.42 Å². The lowest BCUT2D eigenvalue weighted by molar-refractivity contribution is 0.337. The Morgan fingerprint density at radius 2 is 2.00 bits per heavy atom. The zero-order valence-corrected chi connectivity index (χ0v) is 10.7. The van der Waals surface area contributed by atoms with Crippen LogP contribution in [0.3, 0.4) is 0 Å². The molecule has 1 aromatic carbocycles. The van der Waals surface area contributed by atoms with Crippen LogP contribution >= 0.6 is 22.6 Å². The zero-order valence-electron chi connectivity index (χ0n) is 7.73. The molecule has 0 bridgehead atoms. The molecule has 0 amide bonds. The van der Waals surface area contributed by atoms with Gasteiger partial charge in [0.15, 0.2) is 0 Å². The van der Waals surface area contributed by atoms with Gasteiger partial charge in [0.05, 0.1) is 6.61 Å². The highest BCUT2D eigenvalue weighted by atomic mass is 127. The summed E-state index contributed by atoms with van der Waals surface area (Å²) in [6, 6.07) is 7.35. The third-order valence-corrected chi connectivity index (χ3v) is 3.90. The molecule has 0 radical (unpaired) electrons. The third-order valence-electron chi connectivity index (χ3n) is 1.59. The maximum Gasteiger partial charge on any atom is 0.271 e. The average molecular weight is 326 g/mol. The second-order valence-corrected chi connectivity index (χ2v) is 5.50. The van der Waals surface area contributed by atoms with Crippen molar-refractivity contribution < 1.29 is 12.6 Å². The van der Waals surface area contributed by atoms with Crippen LogP contribution in [0.5, 0.6) is 0 Å². The van der Waals surface area contributed by atoms with E-state index >= 15 is 0 Å². The van der Waals surface area contributed by atoms with Gasteiger partial charge in [0, 0.05) is 3.57 Å². The summed E-state index contributed by atoms with van der Waals surface area (Å²) < 4.78 is 28.2. The molecule has 1 rings (SSSR count). The maximum atomic E-state index is 11.3. The maximum absolute atomic E-state index is 11.3. The SMILES string of the molecule is CCOS(=O)(=O)Cc1ccccc1I. The monoisotopic (exact) mass is 326 g/mol. The van der Waals surface area contributed by atoms with Gasteiger partial charge in [-0.1, -0.05) is 18.2 Å². The highest BCUT2D eigenvalue weighted by molar-refractivity contribution is 14.1. The van der Waals surface area contributed by atoms with Gasteiger partial charge in [0.1, 0.15) is 5.75 Å². The average Bonchev–Trinajstić information content (AvgIpc) is 2.08. The molecule has 0 saturated heterocycles. The Kier molecular flexibility index (Phi) is 4.33. The summed E-state index contributed by atoms with van der Waals surface area (Å²) in [4.78, 5) is 0. The van der Waals surface area contributed by atoms with E-state index in [1.54, 1.807) is 13.0 Å². The summed E-state index contributed by atoms with van der Waals surface area (Å²) in [7, 11) is -3.41. The first-order valence-corrected chi connectivity index (χ1v) is 6.81. The molecule has 0 aliphatic heterocycles. The van der Waals surface area contributed by atoms with Crippen molar-refractivity contribution >= 4 is 32.7 Å². The van der Waals surface area contributed by atoms with Crippen molar-refractivity contribution in [3.63, 3.8) is 0 Å². The molecular weight excluding hydrogens is 315 g/mol. The van der Waals surface area contributed by atoms with Gasteiger partial charge in [-0.25, -0.2) is 0 Å². The molecular formula is C9H11IO3S. The third kappa shape index (κ3) is 3.55. The van der Waals surface area contributed by atoms with Crippen LogP contribution in [0.25, 0.3) is 0 Å². The van der Waals surface area contributed by atoms with Crippen molar-refractivity contribution in [3.8, 4) is 0 Å². The predicted molar refractivity (Wildman–Crippen MR) is 63.4 cm³/mol. The lowest BCUT2D eigenvalue weighted by Crippen LogP contribution is -2.09. The van der Waals surface area contributed by atoms with Crippen LogP contribution in [0.15, 0.2) is 24.3 Å². The van der Waals surface area contributed by atoms with Crippen LogP contribution in [-0.4, -0.2) is 15.0 Å². The van der Waals surface area contributed by atoms with Gasteiger partial charge >= 0.3 is 0 Å². The molecule has 0 aliphatic carbocycles. The van der Waals surface area contributed by atoms with Gasteiger partial charge < -0.3 is 0 Å². The van der Waals surface area contributed by atoms with Gasteiger partial charge in [-0.3, -0.25) is 4.18 Å². The van der Waals surface area contributed by atoms with Gasteiger partial charge in [0.2, 0.25) is 0 Å². The zero-order chi connectivity index (χ0) is 10.6. The quantitative estimate of drug-likeness (QED) is 0.629. The number of benzene rings is 1. The lowest BCUT2D eigenvalue weighted by atomic mass is 10.2. The lowest BCUT2D eigenvalue weighted by Gasteiger charge is -2.04. The predicted octanol–water partition coefficient (Wildman–Crippen LogP) is 2.16. The normalized spacial score (nSPS) is 11.6. The van der Waals surface area contributed by atoms with Crippen molar-refractivity contribution in [2.24, 2.45) is 0 Å². The van der Waals surface area contributed by atoms with E-state index in [0.29, 0.717) is 0 Å². The van der Waals surface area contributed by atoms with E-state index in [0.717, 1.165) is 9.13 Å². The van der Waals surface area contributed by atoms with Gasteiger partial charge in [-0.15, -0.1) is 0 Å². The molecule has 0 atom stereocenters. The van der Waals surface area contributed by atoms with Crippen molar-refractivity contribution in [1.82, 2.24) is 0 Å². The van der Waals surface area contributed by atoms with Crippen molar-refractivity contribution in [1.29, 1.82) is 0 Å². The Hall–Kier alpha value is -0.140. The smallest absolute Gasteiger partial charge is 0.270 e. The summed E-state index contributed by atoms with van der Waals surface area (Å²) in [6.07, 6.45) is 0. The second-order valence-electron chi connectivity index (χ2n) is 2.70. The summed E-state index contributed by atoms with van der Waals surface area (Å²) in [6.45, 7) is 1.85. The number of rotatable bonds is 4. The molecule has 3 nitrogen and oxygen atoms in total. The number of halogens is 1. The van der Waals surface area contributed by atoms with E-state index < -0.39 is 10.1 Å². The standard InChI is InChI=1S/C9H11IO3S/c1-2-13-14(11,12)7-8-5-3-4-6-9(8)10/h3-6H,2,7H2,1H3. The Morgan fingerprint density at radius 1 is 1.36 bits per heavy atom. The van der Waals surface area contributed by atoms with Crippen LogP contribution in [0.4, 0.5) is 0 Å². The first-order chi connectivity index (χ1) is 6.55. The number of hydrogen-bond donors (Lipinski definition) is 0. The fourth-order valence-corrected chi connectivity index (χ4v) is 2.94. The summed E-state index contributed by atoms with van der Waals surface area (Å²) in [5.41, 5.74) is 0.779. The minimum atomic E-state index is -3.41. The van der Waals surface area contributed by atoms with Crippen LogP contribution in [0.1, 0.15) is 12.5 Å². The van der Waals surface area contributed by atoms with Crippen LogP contribution in [0, 0.1) is 3.57 Å². The molecule has 0 aromatic heterocycles. The highest BCUT2D eigenvalue weighted by Gasteiger charge is 2.12. The van der Waals surface area contributed by atoms with Crippen LogP contribution in [-0.2, 0) is 20.1 Å². The Balaban J connectivity index is 2.84. The largest absolute Gasteiger partial charge is 0.271 e.